The number of nitrogens with one attached hydrogen (secondary N) is 1. The van der Waals surface area contributed by atoms with E-state index in [4.69, 9.17) is 10.8 Å². The van der Waals surface area contributed by atoms with Gasteiger partial charge in [0, 0.05) is 24.7 Å². The summed E-state index contributed by atoms with van der Waals surface area (Å²) >= 11 is 0. The number of aliphatic hydroxyl groups excluding tert-OH is 1. The Morgan fingerprint density at radius 3 is 2.17 bits per heavy atom. The summed E-state index contributed by atoms with van der Waals surface area (Å²) in [6.07, 6.45) is 7.89. The van der Waals surface area contributed by atoms with Gasteiger partial charge < -0.3 is 16.2 Å². The summed E-state index contributed by atoms with van der Waals surface area (Å²) in [4.78, 5) is 0. The fraction of sp³-hybridized carbons (Fsp3) is 1.00. The van der Waals surface area contributed by atoms with Crippen molar-refractivity contribution in [2.24, 2.45) is 29.4 Å². The molecule has 18 heavy (non-hydrogen) atoms. The van der Waals surface area contributed by atoms with Gasteiger partial charge in [0.25, 0.3) is 0 Å². The van der Waals surface area contributed by atoms with Gasteiger partial charge in [0.15, 0.2) is 0 Å². The van der Waals surface area contributed by atoms with Crippen LogP contribution in [-0.4, -0.2) is 29.8 Å². The van der Waals surface area contributed by atoms with E-state index in [0.29, 0.717) is 6.04 Å². The number of hydrogen-bond acceptors (Lipinski definition) is 3. The third-order valence-corrected chi connectivity index (χ3v) is 6.01. The molecule has 4 N–H and O–H groups in total. The van der Waals surface area contributed by atoms with E-state index >= 15 is 0 Å². The molecule has 1 unspecified atom stereocenters. The lowest BCUT2D eigenvalue weighted by atomic mass is 9.48. The van der Waals surface area contributed by atoms with E-state index in [2.05, 4.69) is 12.2 Å². The Hall–Kier alpha value is -0.120. The molecule has 0 heterocycles. The van der Waals surface area contributed by atoms with Crippen LogP contribution < -0.4 is 11.1 Å². The topological polar surface area (TPSA) is 58.3 Å². The van der Waals surface area contributed by atoms with Gasteiger partial charge in [-0.25, -0.2) is 0 Å². The van der Waals surface area contributed by atoms with Crippen molar-refractivity contribution in [3.63, 3.8) is 0 Å². The summed E-state index contributed by atoms with van der Waals surface area (Å²) in [6.45, 7) is 3.24. The zero-order valence-electron chi connectivity index (χ0n) is 11.6. The van der Waals surface area contributed by atoms with Gasteiger partial charge in [0.05, 0.1) is 0 Å². The minimum absolute atomic E-state index is 0.183. The van der Waals surface area contributed by atoms with Gasteiger partial charge in [-0.15, -0.1) is 0 Å². The number of nitrogens with two attached hydrogens (primary N) is 1. The highest BCUT2D eigenvalue weighted by molar-refractivity contribution is 5.12. The van der Waals surface area contributed by atoms with E-state index in [0.717, 1.165) is 36.6 Å². The molecule has 0 aromatic carbocycles. The first kappa shape index (κ1) is 12.9. The van der Waals surface area contributed by atoms with Crippen molar-refractivity contribution in [3.05, 3.63) is 0 Å². The second kappa shape index (κ2) is 4.77. The van der Waals surface area contributed by atoms with Gasteiger partial charge in [-0.3, -0.25) is 0 Å². The van der Waals surface area contributed by atoms with Gasteiger partial charge in [-0.05, 0) is 69.1 Å². The molecule has 3 heteroatoms. The summed E-state index contributed by atoms with van der Waals surface area (Å²) in [7, 11) is 0. The smallest absolute Gasteiger partial charge is 0.0445 e. The quantitative estimate of drug-likeness (QED) is 0.695. The molecule has 4 rings (SSSR count). The molecule has 0 aliphatic heterocycles. The van der Waals surface area contributed by atoms with E-state index < -0.39 is 0 Å². The minimum Gasteiger partial charge on any atom is -0.396 e. The van der Waals surface area contributed by atoms with Crippen LogP contribution in [0.2, 0.25) is 0 Å². The van der Waals surface area contributed by atoms with Gasteiger partial charge in [0.1, 0.15) is 0 Å². The van der Waals surface area contributed by atoms with Crippen LogP contribution in [0.1, 0.15) is 45.4 Å². The molecule has 4 saturated carbocycles. The first-order valence-corrected chi connectivity index (χ1v) is 7.76. The molecule has 0 saturated heterocycles. The summed E-state index contributed by atoms with van der Waals surface area (Å²) in [5, 5.41) is 12.9. The van der Waals surface area contributed by atoms with Crippen molar-refractivity contribution in [1.29, 1.82) is 0 Å². The molecule has 4 aliphatic rings. The molecule has 0 amide bonds. The third kappa shape index (κ3) is 1.91. The van der Waals surface area contributed by atoms with E-state index in [9.17, 15) is 0 Å². The molecule has 0 spiro atoms. The van der Waals surface area contributed by atoms with Gasteiger partial charge in [-0.2, -0.15) is 0 Å². The van der Waals surface area contributed by atoms with Crippen molar-refractivity contribution in [2.45, 2.75) is 57.0 Å². The summed E-state index contributed by atoms with van der Waals surface area (Å²) in [5.41, 5.74) is 6.39. The van der Waals surface area contributed by atoms with Crippen LogP contribution >= 0.6 is 0 Å². The van der Waals surface area contributed by atoms with Crippen molar-refractivity contribution in [2.75, 3.05) is 13.2 Å². The highest BCUT2D eigenvalue weighted by atomic mass is 16.3. The lowest BCUT2D eigenvalue weighted by Gasteiger charge is -2.62. The molecule has 0 aromatic heterocycles. The molecular formula is C15H28N2O. The van der Waals surface area contributed by atoms with E-state index in [1.807, 2.05) is 0 Å². The fourth-order valence-electron chi connectivity index (χ4n) is 5.38. The van der Waals surface area contributed by atoms with Crippen LogP contribution in [-0.2, 0) is 0 Å². The zero-order valence-corrected chi connectivity index (χ0v) is 11.6. The van der Waals surface area contributed by atoms with Gasteiger partial charge in [0.2, 0.25) is 0 Å². The van der Waals surface area contributed by atoms with Crippen molar-refractivity contribution in [1.82, 2.24) is 5.32 Å². The molecule has 4 bridgehead atoms. The average Bonchev–Trinajstić information content (AvgIpc) is 2.33. The first-order chi connectivity index (χ1) is 8.68. The summed E-state index contributed by atoms with van der Waals surface area (Å²) < 4.78 is 0. The fourth-order valence-corrected chi connectivity index (χ4v) is 5.38. The molecule has 0 aromatic rings. The van der Waals surface area contributed by atoms with Gasteiger partial charge in [-0.1, -0.05) is 0 Å². The lowest BCUT2D eigenvalue weighted by molar-refractivity contribution is -0.0739. The van der Waals surface area contributed by atoms with Crippen molar-refractivity contribution < 1.29 is 5.11 Å². The molecule has 1 atom stereocenters. The van der Waals surface area contributed by atoms with Crippen molar-refractivity contribution in [3.8, 4) is 0 Å². The molecular weight excluding hydrogens is 224 g/mol. The minimum atomic E-state index is 0.183. The van der Waals surface area contributed by atoms with E-state index in [1.165, 1.54) is 32.1 Å². The second-order valence-corrected chi connectivity index (χ2v) is 7.11. The van der Waals surface area contributed by atoms with Crippen LogP contribution in [0.3, 0.4) is 0 Å². The van der Waals surface area contributed by atoms with Crippen LogP contribution in [0.5, 0.6) is 0 Å². The van der Waals surface area contributed by atoms with E-state index in [-0.39, 0.29) is 12.1 Å². The monoisotopic (exact) mass is 252 g/mol. The normalized spacial score (nSPS) is 47.5. The Labute approximate surface area is 111 Å². The Bertz CT molecular complexity index is 277. The predicted molar refractivity (Wildman–Crippen MR) is 73.1 cm³/mol. The van der Waals surface area contributed by atoms with Crippen LogP contribution in [0.25, 0.3) is 0 Å². The lowest BCUT2D eigenvalue weighted by Crippen LogP contribution is -2.69. The van der Waals surface area contributed by atoms with Crippen LogP contribution in [0.4, 0.5) is 0 Å². The first-order valence-electron chi connectivity index (χ1n) is 7.76. The molecule has 0 radical (unpaired) electrons. The Kier molecular flexibility index (Phi) is 3.41. The SMILES string of the molecule is CC(CCO)NC1(CN)C2CC3CC(C2)CC1C3. The maximum atomic E-state index is 9.10. The van der Waals surface area contributed by atoms with E-state index in [1.54, 1.807) is 0 Å². The number of rotatable bonds is 5. The summed E-state index contributed by atoms with van der Waals surface area (Å²) in [5.74, 6) is 3.56. The predicted octanol–water partition coefficient (Wildman–Crippen LogP) is 1.50. The average molecular weight is 252 g/mol. The maximum absolute atomic E-state index is 9.10. The zero-order chi connectivity index (χ0) is 12.8. The molecule has 4 aliphatic carbocycles. The second-order valence-electron chi connectivity index (χ2n) is 7.11. The molecule has 4 fully saturated rings. The maximum Gasteiger partial charge on any atom is 0.0445 e. The van der Waals surface area contributed by atoms with Crippen molar-refractivity contribution >= 4 is 0 Å². The molecule has 3 nitrogen and oxygen atoms in total. The van der Waals surface area contributed by atoms with Crippen LogP contribution in [0.15, 0.2) is 0 Å². The highest BCUT2D eigenvalue weighted by Gasteiger charge is 2.56. The third-order valence-electron chi connectivity index (χ3n) is 6.01. The standard InChI is InChI=1S/C15H28N2O/c1-10(2-3-18)17-15(9-16)13-5-11-4-12(7-13)8-14(15)6-11/h10-14,17-18H,2-9,16H2,1H3. The Morgan fingerprint density at radius 2 is 1.72 bits per heavy atom. The number of aliphatic hydroxyl groups is 1. The van der Waals surface area contributed by atoms with Crippen LogP contribution in [0, 0.1) is 23.7 Å². The number of hydrogen-bond donors (Lipinski definition) is 3. The van der Waals surface area contributed by atoms with Gasteiger partial charge >= 0.3 is 0 Å². The molecule has 104 valence electrons. The highest BCUT2D eigenvalue weighted by Crippen LogP contribution is 2.58. The Balaban J connectivity index is 1.78. The largest absolute Gasteiger partial charge is 0.396 e. The summed E-state index contributed by atoms with van der Waals surface area (Å²) in [6, 6.07) is 0.385. The Morgan fingerprint density at radius 1 is 1.17 bits per heavy atom.